The van der Waals surface area contributed by atoms with Gasteiger partial charge in [0.1, 0.15) is 18.9 Å². The first kappa shape index (κ1) is 29.8. The Hall–Kier alpha value is -3.80. The quantitative estimate of drug-likeness (QED) is 0.245. The normalized spacial score (nSPS) is 12.9. The zero-order valence-electron chi connectivity index (χ0n) is 18.9. The van der Waals surface area contributed by atoms with E-state index in [4.69, 9.17) is 5.11 Å². The van der Waals surface area contributed by atoms with E-state index in [1.165, 1.54) is 0 Å². The number of anilines is 2. The van der Waals surface area contributed by atoms with Gasteiger partial charge in [0.15, 0.2) is 0 Å². The molecule has 1 aromatic heterocycles. The van der Waals surface area contributed by atoms with E-state index in [0.717, 1.165) is 30.3 Å². The van der Waals surface area contributed by atoms with Gasteiger partial charge in [0.2, 0.25) is 0 Å². The number of pyridine rings is 1. The second-order valence-corrected chi connectivity index (χ2v) is 9.59. The summed E-state index contributed by atoms with van der Waals surface area (Å²) in [6.07, 6.45) is -15.4. The summed E-state index contributed by atoms with van der Waals surface area (Å²) < 4.78 is 144. The highest BCUT2D eigenvalue weighted by molar-refractivity contribution is 7.89. The van der Waals surface area contributed by atoms with Crippen molar-refractivity contribution in [1.82, 2.24) is 9.82 Å². The summed E-state index contributed by atoms with van der Waals surface area (Å²) in [5, 5.41) is 8.14. The molecule has 3 N–H and O–H groups in total. The summed E-state index contributed by atoms with van der Waals surface area (Å²) in [5.41, 5.74) is -1.36. The molecule has 0 saturated carbocycles. The lowest BCUT2D eigenvalue weighted by atomic mass is 10.1. The van der Waals surface area contributed by atoms with E-state index in [9.17, 15) is 52.7 Å². The second-order valence-electron chi connectivity index (χ2n) is 7.90. The van der Waals surface area contributed by atoms with Crippen LogP contribution in [0.5, 0.6) is 0 Å². The molecule has 2 aromatic carbocycles. The van der Waals surface area contributed by atoms with Crippen molar-refractivity contribution < 1.29 is 57.8 Å². The predicted octanol–water partition coefficient (Wildman–Crippen LogP) is 5.19. The summed E-state index contributed by atoms with van der Waals surface area (Å²) in [7, 11) is -4.53. The van der Waals surface area contributed by atoms with Gasteiger partial charge in [-0.2, -0.15) is 39.5 Å². The SMILES string of the molecule is O=C(O)c1cccc(S(=O)(=O)NNc2cc(C(F)(F)F)c3cc(N(CC(F)(F)F)CC(F)(F)F)ccc3n2)c1. The van der Waals surface area contributed by atoms with E-state index in [1.54, 1.807) is 4.83 Å². The average molecular weight is 590 g/mol. The maximum atomic E-state index is 13.8. The summed E-state index contributed by atoms with van der Waals surface area (Å²) in [4.78, 5) is 15.8. The van der Waals surface area contributed by atoms with Gasteiger partial charge in [-0.25, -0.2) is 18.2 Å². The number of carboxylic acid groups (broad SMARTS) is 1. The van der Waals surface area contributed by atoms with E-state index < -0.39 is 86.0 Å². The smallest absolute Gasteiger partial charge is 0.417 e. The van der Waals surface area contributed by atoms with Crippen LogP contribution < -0.4 is 15.2 Å². The van der Waals surface area contributed by atoms with Crippen molar-refractivity contribution in [1.29, 1.82) is 0 Å². The van der Waals surface area contributed by atoms with Crippen molar-refractivity contribution in [3.05, 3.63) is 59.7 Å². The van der Waals surface area contributed by atoms with Gasteiger partial charge in [-0.05, 0) is 42.5 Å². The predicted molar refractivity (Wildman–Crippen MR) is 118 cm³/mol. The number of benzene rings is 2. The fourth-order valence-electron chi connectivity index (χ4n) is 3.36. The number of alkyl halides is 9. The van der Waals surface area contributed by atoms with Gasteiger partial charge < -0.3 is 10.0 Å². The van der Waals surface area contributed by atoms with E-state index in [-0.39, 0.29) is 4.90 Å². The summed E-state index contributed by atoms with van der Waals surface area (Å²) >= 11 is 0. The largest absolute Gasteiger partial charge is 0.478 e. The van der Waals surface area contributed by atoms with Crippen LogP contribution in [0.15, 0.2) is 53.4 Å². The van der Waals surface area contributed by atoms with Crippen molar-refractivity contribution in [2.45, 2.75) is 23.4 Å². The number of hydrogen-bond donors (Lipinski definition) is 3. The van der Waals surface area contributed by atoms with Crippen LogP contribution in [0.25, 0.3) is 10.9 Å². The van der Waals surface area contributed by atoms with Crippen LogP contribution in [-0.2, 0) is 16.2 Å². The Labute approximate surface area is 213 Å². The lowest BCUT2D eigenvalue weighted by Crippen LogP contribution is -2.40. The van der Waals surface area contributed by atoms with Crippen LogP contribution in [0.2, 0.25) is 0 Å². The Balaban J connectivity index is 2.01. The van der Waals surface area contributed by atoms with Crippen molar-refractivity contribution in [3.8, 4) is 0 Å². The first-order valence-corrected chi connectivity index (χ1v) is 11.8. The molecule has 0 amide bonds. The molecule has 0 aliphatic carbocycles. The number of hydrogen-bond acceptors (Lipinski definition) is 6. The highest BCUT2D eigenvalue weighted by Crippen LogP contribution is 2.38. The zero-order chi connectivity index (χ0) is 29.4. The van der Waals surface area contributed by atoms with Crippen LogP contribution in [0, 0.1) is 0 Å². The number of nitrogens with zero attached hydrogens (tertiary/aromatic N) is 2. The van der Waals surface area contributed by atoms with Gasteiger partial charge in [0.25, 0.3) is 10.0 Å². The standard InChI is InChI=1S/C21H15F9N4O4S/c22-19(23,24)9-34(10-20(25,26)27)12-4-5-16-14(7-12)15(21(28,29)30)8-17(31-16)32-33-39(37,38)13-3-1-2-11(6-13)18(35)36/h1-8,33H,9-10H2,(H,31,32)(H,35,36). The molecule has 0 unspecified atom stereocenters. The first-order valence-electron chi connectivity index (χ1n) is 10.3. The number of halogens is 9. The molecular formula is C21H15F9N4O4S. The number of carbonyl (C=O) groups is 1. The fraction of sp³-hybridized carbons (Fsp3) is 0.238. The van der Waals surface area contributed by atoms with Crippen LogP contribution in [0.1, 0.15) is 15.9 Å². The molecule has 0 bridgehead atoms. The molecule has 0 saturated heterocycles. The number of hydrazine groups is 1. The fourth-order valence-corrected chi connectivity index (χ4v) is 4.25. The molecule has 3 rings (SSSR count). The Morgan fingerprint density at radius 2 is 1.51 bits per heavy atom. The van der Waals surface area contributed by atoms with Gasteiger partial charge in [0.05, 0.1) is 21.5 Å². The van der Waals surface area contributed by atoms with Crippen LogP contribution in [0.3, 0.4) is 0 Å². The molecule has 18 heteroatoms. The maximum Gasteiger partial charge on any atom is 0.417 e. The van der Waals surface area contributed by atoms with Gasteiger partial charge in [-0.3, -0.25) is 5.43 Å². The average Bonchev–Trinajstić information content (AvgIpc) is 2.79. The second kappa shape index (κ2) is 10.4. The molecule has 1 heterocycles. The Morgan fingerprint density at radius 1 is 0.897 bits per heavy atom. The Bertz CT molecular complexity index is 1470. The van der Waals surface area contributed by atoms with Crippen molar-refractivity contribution in [2.24, 2.45) is 0 Å². The Kier molecular flexibility index (Phi) is 7.94. The molecule has 0 radical (unpaired) electrons. The lowest BCUT2D eigenvalue weighted by Gasteiger charge is -2.27. The third-order valence-electron chi connectivity index (χ3n) is 4.91. The van der Waals surface area contributed by atoms with E-state index in [0.29, 0.717) is 18.2 Å². The van der Waals surface area contributed by atoms with Gasteiger partial charge in [0, 0.05) is 11.1 Å². The van der Waals surface area contributed by atoms with Gasteiger partial charge in [-0.15, -0.1) is 4.83 Å². The van der Waals surface area contributed by atoms with Crippen molar-refractivity contribution in [2.75, 3.05) is 23.4 Å². The van der Waals surface area contributed by atoms with E-state index in [1.807, 2.05) is 5.43 Å². The number of sulfonamides is 1. The molecule has 0 aliphatic rings. The number of carboxylic acids is 1. The number of rotatable bonds is 8. The Morgan fingerprint density at radius 3 is 2.05 bits per heavy atom. The zero-order valence-corrected chi connectivity index (χ0v) is 19.7. The number of nitrogens with one attached hydrogen (secondary N) is 2. The van der Waals surface area contributed by atoms with Crippen molar-refractivity contribution in [3.63, 3.8) is 0 Å². The summed E-state index contributed by atoms with van der Waals surface area (Å²) in [6.45, 7) is -4.20. The molecule has 0 spiro atoms. The highest BCUT2D eigenvalue weighted by Gasteiger charge is 2.38. The van der Waals surface area contributed by atoms with Crippen LogP contribution in [-0.4, -0.2) is 49.9 Å². The molecular weight excluding hydrogens is 575 g/mol. The third-order valence-corrected chi connectivity index (χ3v) is 6.15. The van der Waals surface area contributed by atoms with Crippen LogP contribution >= 0.6 is 0 Å². The summed E-state index contributed by atoms with van der Waals surface area (Å²) in [6, 6.07) is 6.18. The molecule has 212 valence electrons. The van der Waals surface area contributed by atoms with E-state index >= 15 is 0 Å². The minimum absolute atomic E-state index is 0.189. The maximum absolute atomic E-state index is 13.8. The van der Waals surface area contributed by atoms with Gasteiger partial charge >= 0.3 is 24.5 Å². The topological polar surface area (TPSA) is 112 Å². The number of aromatic carboxylic acids is 1. The minimum Gasteiger partial charge on any atom is -0.478 e. The minimum atomic E-state index is -5.19. The first-order chi connectivity index (χ1) is 17.7. The molecule has 8 nitrogen and oxygen atoms in total. The number of aromatic nitrogens is 1. The molecule has 0 fully saturated rings. The van der Waals surface area contributed by atoms with E-state index in [2.05, 4.69) is 4.98 Å². The summed E-state index contributed by atoms with van der Waals surface area (Å²) in [5.74, 6) is -2.18. The molecule has 3 aromatic rings. The monoisotopic (exact) mass is 590 g/mol. The van der Waals surface area contributed by atoms with Crippen LogP contribution in [0.4, 0.5) is 51.0 Å². The van der Waals surface area contributed by atoms with Crippen molar-refractivity contribution >= 4 is 38.4 Å². The number of fused-ring (bicyclic) bond motifs is 1. The highest BCUT2D eigenvalue weighted by atomic mass is 32.2. The molecule has 39 heavy (non-hydrogen) atoms. The van der Waals surface area contributed by atoms with Gasteiger partial charge in [-0.1, -0.05) is 6.07 Å². The molecule has 0 atom stereocenters. The third kappa shape index (κ3) is 7.85. The lowest BCUT2D eigenvalue weighted by molar-refractivity contribution is -0.138. The molecule has 0 aliphatic heterocycles.